The van der Waals surface area contributed by atoms with Gasteiger partial charge in [0.05, 0.1) is 6.10 Å². The molecule has 10 heteroatoms. The first-order valence-corrected chi connectivity index (χ1v) is 10.1. The van der Waals surface area contributed by atoms with Crippen LogP contribution in [-0.4, -0.2) is 88.8 Å². The number of amides is 2. The van der Waals surface area contributed by atoms with E-state index < -0.39 is 11.6 Å². The number of aromatic amines is 2. The first-order chi connectivity index (χ1) is 13.6. The Labute approximate surface area is 163 Å². The minimum Gasteiger partial charge on any atom is -0.365 e. The second-order valence-electron chi connectivity index (χ2n) is 8.16. The van der Waals surface area contributed by atoms with Gasteiger partial charge in [0.2, 0.25) is 11.7 Å². The Balaban J connectivity index is 1.21. The zero-order valence-corrected chi connectivity index (χ0v) is 16.0. The van der Waals surface area contributed by atoms with Crippen LogP contribution >= 0.6 is 0 Å². The van der Waals surface area contributed by atoms with Crippen molar-refractivity contribution >= 4 is 11.8 Å². The molecule has 3 N–H and O–H groups in total. The Morgan fingerprint density at radius 2 is 1.89 bits per heavy atom. The Morgan fingerprint density at radius 3 is 2.57 bits per heavy atom. The molecule has 1 aromatic rings. The highest BCUT2D eigenvalue weighted by molar-refractivity contribution is 5.90. The van der Waals surface area contributed by atoms with Gasteiger partial charge in [0.1, 0.15) is 6.61 Å². The van der Waals surface area contributed by atoms with E-state index >= 15 is 0 Å². The fourth-order valence-electron chi connectivity index (χ4n) is 3.98. The van der Waals surface area contributed by atoms with E-state index in [1.54, 1.807) is 0 Å². The molecule has 0 unspecified atom stereocenters. The van der Waals surface area contributed by atoms with Gasteiger partial charge < -0.3 is 19.9 Å². The maximum atomic E-state index is 12.2. The molecule has 3 fully saturated rings. The van der Waals surface area contributed by atoms with Gasteiger partial charge in [-0.05, 0) is 50.6 Å². The number of morpholine rings is 1. The molecule has 4 rings (SSSR count). The van der Waals surface area contributed by atoms with Gasteiger partial charge in [-0.15, -0.1) is 5.10 Å². The third kappa shape index (κ3) is 4.99. The van der Waals surface area contributed by atoms with E-state index in [1.165, 1.54) is 19.4 Å². The number of piperidine rings is 1. The summed E-state index contributed by atoms with van der Waals surface area (Å²) in [6, 6.07) is 0. The number of likely N-dealkylation sites (tertiary alicyclic amines) is 1. The van der Waals surface area contributed by atoms with Crippen LogP contribution in [0.2, 0.25) is 0 Å². The second-order valence-corrected chi connectivity index (χ2v) is 8.16. The largest absolute Gasteiger partial charge is 0.365 e. The van der Waals surface area contributed by atoms with Crippen molar-refractivity contribution in [2.45, 2.75) is 31.8 Å². The van der Waals surface area contributed by atoms with Gasteiger partial charge in [0.25, 0.3) is 5.91 Å². The molecule has 0 bridgehead atoms. The second kappa shape index (κ2) is 8.44. The van der Waals surface area contributed by atoms with Crippen molar-refractivity contribution in [2.24, 2.45) is 11.8 Å². The molecule has 1 aliphatic carbocycles. The number of nitrogens with zero attached hydrogens (tertiary/aromatic N) is 3. The molecule has 154 valence electrons. The third-order valence-corrected chi connectivity index (χ3v) is 5.82. The molecule has 1 aromatic heterocycles. The fourth-order valence-corrected chi connectivity index (χ4v) is 3.98. The summed E-state index contributed by atoms with van der Waals surface area (Å²) in [6.07, 6.45) is 4.77. The normalized spacial score (nSPS) is 24.5. The van der Waals surface area contributed by atoms with Crippen LogP contribution in [-0.2, 0) is 9.53 Å². The Hall–Kier alpha value is -2.20. The highest BCUT2D eigenvalue weighted by atomic mass is 16.5. The van der Waals surface area contributed by atoms with E-state index in [-0.39, 0.29) is 31.0 Å². The summed E-state index contributed by atoms with van der Waals surface area (Å²) in [7, 11) is 0. The Morgan fingerprint density at radius 1 is 1.14 bits per heavy atom. The van der Waals surface area contributed by atoms with Gasteiger partial charge in [0, 0.05) is 26.2 Å². The molecule has 3 heterocycles. The molecular weight excluding hydrogens is 364 g/mol. The minimum atomic E-state index is -0.529. The summed E-state index contributed by atoms with van der Waals surface area (Å²) in [5, 5.41) is 8.44. The van der Waals surface area contributed by atoms with E-state index in [0.717, 1.165) is 38.4 Å². The molecule has 3 aliphatic rings. The van der Waals surface area contributed by atoms with Gasteiger partial charge >= 0.3 is 5.69 Å². The van der Waals surface area contributed by atoms with E-state index in [1.807, 2.05) is 4.90 Å². The number of H-pyrrole nitrogens is 2. The van der Waals surface area contributed by atoms with Crippen LogP contribution in [0.25, 0.3) is 0 Å². The summed E-state index contributed by atoms with van der Waals surface area (Å²) < 4.78 is 5.55. The third-order valence-electron chi connectivity index (χ3n) is 5.82. The average Bonchev–Trinajstić information content (AvgIpc) is 3.40. The number of rotatable bonds is 7. The molecule has 2 amide bonds. The molecule has 0 aromatic carbocycles. The molecule has 1 atom stereocenters. The lowest BCUT2D eigenvalue weighted by Gasteiger charge is -2.38. The molecule has 0 spiro atoms. The number of nitrogens with one attached hydrogen (secondary N) is 3. The van der Waals surface area contributed by atoms with Gasteiger partial charge in [-0.25, -0.2) is 9.89 Å². The van der Waals surface area contributed by atoms with Crippen molar-refractivity contribution in [1.82, 2.24) is 30.3 Å². The highest BCUT2D eigenvalue weighted by Gasteiger charge is 2.31. The van der Waals surface area contributed by atoms with Crippen LogP contribution in [0.3, 0.4) is 0 Å². The zero-order valence-electron chi connectivity index (χ0n) is 16.0. The number of hydrogen-bond donors (Lipinski definition) is 3. The van der Waals surface area contributed by atoms with Gasteiger partial charge in [-0.3, -0.25) is 14.6 Å². The smallest absolute Gasteiger partial charge is 0.341 e. The Kier molecular flexibility index (Phi) is 5.77. The number of aromatic nitrogens is 3. The van der Waals surface area contributed by atoms with Crippen molar-refractivity contribution < 1.29 is 14.3 Å². The molecule has 2 aliphatic heterocycles. The zero-order chi connectivity index (χ0) is 19.5. The fraction of sp³-hybridized carbons (Fsp3) is 0.778. The van der Waals surface area contributed by atoms with Crippen molar-refractivity contribution in [3.8, 4) is 0 Å². The lowest BCUT2D eigenvalue weighted by Crippen LogP contribution is -2.52. The van der Waals surface area contributed by atoms with Gasteiger partial charge in [0.15, 0.2) is 0 Å². The van der Waals surface area contributed by atoms with E-state index in [2.05, 4.69) is 25.4 Å². The van der Waals surface area contributed by atoms with Crippen LogP contribution in [0.15, 0.2) is 4.79 Å². The first kappa shape index (κ1) is 19.1. The van der Waals surface area contributed by atoms with Crippen molar-refractivity contribution in [2.75, 3.05) is 45.9 Å². The summed E-state index contributed by atoms with van der Waals surface area (Å²) in [6.45, 7) is 5.03. The number of carbonyl (C=O) groups excluding carboxylic acids is 2. The molecule has 28 heavy (non-hydrogen) atoms. The first-order valence-electron chi connectivity index (χ1n) is 10.1. The van der Waals surface area contributed by atoms with Crippen LogP contribution in [0.5, 0.6) is 0 Å². The Bertz CT molecular complexity index is 749. The monoisotopic (exact) mass is 392 g/mol. The van der Waals surface area contributed by atoms with Gasteiger partial charge in [-0.2, -0.15) is 0 Å². The van der Waals surface area contributed by atoms with Gasteiger partial charge in [-0.1, -0.05) is 0 Å². The number of ether oxygens (including phenoxy) is 1. The topological polar surface area (TPSA) is 123 Å². The predicted octanol–water partition coefficient (Wildman–Crippen LogP) is -0.823. The van der Waals surface area contributed by atoms with Crippen LogP contribution in [0.4, 0.5) is 0 Å². The SMILES string of the molecule is O=C(NC[C@@H]1CN(CC2CCN(CC3CC3)CC2)C(=O)CO1)c1n[nH]c(=O)[nH]1. The molecule has 0 radical (unpaired) electrons. The highest BCUT2D eigenvalue weighted by Crippen LogP contribution is 2.31. The quantitative estimate of drug-likeness (QED) is 0.557. The van der Waals surface area contributed by atoms with Crippen LogP contribution in [0, 0.1) is 11.8 Å². The molecule has 10 nitrogen and oxygen atoms in total. The lowest BCUT2D eigenvalue weighted by atomic mass is 9.95. The molecule has 2 saturated heterocycles. The summed E-state index contributed by atoms with van der Waals surface area (Å²) >= 11 is 0. The van der Waals surface area contributed by atoms with Crippen LogP contribution in [0.1, 0.15) is 36.3 Å². The van der Waals surface area contributed by atoms with Crippen molar-refractivity contribution in [3.05, 3.63) is 16.3 Å². The van der Waals surface area contributed by atoms with Crippen molar-refractivity contribution in [1.29, 1.82) is 0 Å². The van der Waals surface area contributed by atoms with E-state index in [9.17, 15) is 14.4 Å². The van der Waals surface area contributed by atoms with E-state index in [0.29, 0.717) is 12.5 Å². The minimum absolute atomic E-state index is 0.0135. The maximum absolute atomic E-state index is 12.2. The van der Waals surface area contributed by atoms with Crippen LogP contribution < -0.4 is 11.0 Å². The van der Waals surface area contributed by atoms with Crippen molar-refractivity contribution in [3.63, 3.8) is 0 Å². The maximum Gasteiger partial charge on any atom is 0.341 e. The predicted molar refractivity (Wildman–Crippen MR) is 99.7 cm³/mol. The average molecular weight is 392 g/mol. The number of carbonyl (C=O) groups is 2. The van der Waals surface area contributed by atoms with E-state index in [4.69, 9.17) is 4.74 Å². The summed E-state index contributed by atoms with van der Waals surface area (Å²) in [4.78, 5) is 42.0. The summed E-state index contributed by atoms with van der Waals surface area (Å²) in [5.41, 5.74) is -0.529. The molecule has 1 saturated carbocycles. The standard InChI is InChI=1S/C18H28N6O4/c25-15-11-28-14(7-19-17(26)16-20-18(27)22-21-16)10-24(15)9-13-3-5-23(6-4-13)8-12-1-2-12/h12-14H,1-11H2,(H,19,26)(H2,20,21,22,27)/t14-/m1/s1. The molecular formula is C18H28N6O4. The lowest BCUT2D eigenvalue weighted by molar-refractivity contribution is -0.149. The number of hydrogen-bond acceptors (Lipinski definition) is 6. The summed E-state index contributed by atoms with van der Waals surface area (Å²) in [5.74, 6) is 0.925.